The number of aliphatic hydroxyl groups is 2. The average Bonchev–Trinajstić information content (AvgIpc) is 2.96. The third-order valence-electron chi connectivity index (χ3n) is 10.3. The molecule has 5 unspecified atom stereocenters. The molecule has 4 aliphatic carbocycles. The summed E-state index contributed by atoms with van der Waals surface area (Å²) in [7, 11) is 0. The lowest BCUT2D eigenvalue weighted by atomic mass is 9.46. The molecule has 2 N–H and O–H groups in total. The van der Waals surface area contributed by atoms with E-state index in [1.165, 1.54) is 25.8 Å². The van der Waals surface area contributed by atoms with Crippen molar-refractivity contribution in [3.05, 3.63) is 11.6 Å². The molecule has 0 radical (unpaired) electrons. The molecule has 172 valence electrons. The molecule has 0 saturated heterocycles. The molecule has 4 rings (SSSR count). The summed E-state index contributed by atoms with van der Waals surface area (Å²) in [5.41, 5.74) is -0.684. The number of rotatable bonds is 4. The third-order valence-corrected chi connectivity index (χ3v) is 10.3. The monoisotopic (exact) mass is 424 g/mol. The fourth-order valence-corrected chi connectivity index (χ4v) is 8.05. The zero-order valence-electron chi connectivity index (χ0n) is 19.6. The van der Waals surface area contributed by atoms with Crippen LogP contribution in [0.2, 0.25) is 0 Å². The van der Waals surface area contributed by atoms with Gasteiger partial charge in [-0.05, 0) is 113 Å². The van der Waals surface area contributed by atoms with Gasteiger partial charge in [0.25, 0.3) is 5.92 Å². The molecule has 0 aromatic rings. The van der Waals surface area contributed by atoms with Gasteiger partial charge in [-0.2, -0.15) is 0 Å². The fourth-order valence-electron chi connectivity index (χ4n) is 8.05. The first kappa shape index (κ1) is 22.7. The van der Waals surface area contributed by atoms with E-state index in [1.807, 2.05) is 6.92 Å². The van der Waals surface area contributed by atoms with Crippen molar-refractivity contribution in [1.82, 2.24) is 0 Å². The Hall–Kier alpha value is -0.480. The lowest BCUT2D eigenvalue weighted by Crippen LogP contribution is -2.51. The largest absolute Gasteiger partial charge is 0.390 e. The van der Waals surface area contributed by atoms with E-state index in [-0.39, 0.29) is 17.3 Å². The van der Waals surface area contributed by atoms with Crippen LogP contribution in [-0.4, -0.2) is 27.3 Å². The van der Waals surface area contributed by atoms with Crippen LogP contribution in [0.15, 0.2) is 11.6 Å². The number of hydrogen-bond donors (Lipinski definition) is 2. The van der Waals surface area contributed by atoms with Crippen LogP contribution in [0.1, 0.15) is 98.8 Å². The molecule has 7 atom stereocenters. The highest BCUT2D eigenvalue weighted by Gasteiger charge is 2.59. The second-order valence-corrected chi connectivity index (χ2v) is 12.6. The van der Waals surface area contributed by atoms with Crippen LogP contribution >= 0.6 is 0 Å². The Labute approximate surface area is 181 Å². The first-order valence-corrected chi connectivity index (χ1v) is 12.2. The van der Waals surface area contributed by atoms with Crippen molar-refractivity contribution >= 4 is 0 Å². The van der Waals surface area contributed by atoms with E-state index in [1.54, 1.807) is 0 Å². The minimum Gasteiger partial charge on any atom is -0.390 e. The van der Waals surface area contributed by atoms with Gasteiger partial charge in [-0.3, -0.25) is 0 Å². The number of hydrogen-bond acceptors (Lipinski definition) is 2. The number of alkyl halides is 2. The Kier molecular flexibility index (Phi) is 5.30. The Morgan fingerprint density at radius 3 is 2.40 bits per heavy atom. The molecule has 3 fully saturated rings. The second kappa shape index (κ2) is 7.01. The van der Waals surface area contributed by atoms with E-state index in [2.05, 4.69) is 19.9 Å². The van der Waals surface area contributed by atoms with Crippen LogP contribution in [0.4, 0.5) is 8.78 Å². The van der Waals surface area contributed by atoms with Gasteiger partial charge in [0.1, 0.15) is 5.60 Å². The molecule has 0 aromatic heterocycles. The lowest BCUT2D eigenvalue weighted by Gasteiger charge is -2.59. The molecule has 3 saturated carbocycles. The van der Waals surface area contributed by atoms with Crippen molar-refractivity contribution in [2.45, 2.75) is 116 Å². The highest BCUT2D eigenvalue weighted by atomic mass is 19.3. The van der Waals surface area contributed by atoms with Crippen LogP contribution in [0.25, 0.3) is 0 Å². The van der Waals surface area contributed by atoms with Gasteiger partial charge in [-0.15, -0.1) is 0 Å². The van der Waals surface area contributed by atoms with Gasteiger partial charge in [-0.25, -0.2) is 8.78 Å². The van der Waals surface area contributed by atoms with Gasteiger partial charge in [0, 0.05) is 6.42 Å². The molecule has 0 spiro atoms. The summed E-state index contributed by atoms with van der Waals surface area (Å²) in [6, 6.07) is 0. The third kappa shape index (κ3) is 3.49. The van der Waals surface area contributed by atoms with Crippen LogP contribution in [0.5, 0.6) is 0 Å². The highest BCUT2D eigenvalue weighted by Crippen LogP contribution is 2.67. The van der Waals surface area contributed by atoms with Crippen LogP contribution < -0.4 is 0 Å². The Balaban J connectivity index is 1.51. The van der Waals surface area contributed by atoms with Crippen LogP contribution in [0, 0.1) is 34.5 Å². The fraction of sp³-hybridized carbons (Fsp3) is 0.923. The summed E-state index contributed by atoms with van der Waals surface area (Å²) in [6.45, 7) is 9.24. The SMILES string of the molecule is CC12CC[C@](C)(O)CC1=CCC1C2CCC2(C)C1CC[C@@H]2CCC(F)(F)C(C)(C)O. The summed E-state index contributed by atoms with van der Waals surface area (Å²) < 4.78 is 28.8. The Morgan fingerprint density at radius 1 is 1.03 bits per heavy atom. The normalized spacial score (nSPS) is 46.6. The average molecular weight is 425 g/mol. The molecule has 30 heavy (non-hydrogen) atoms. The van der Waals surface area contributed by atoms with Crippen molar-refractivity contribution in [3.63, 3.8) is 0 Å². The minimum absolute atomic E-state index is 0.151. The van der Waals surface area contributed by atoms with Gasteiger partial charge in [0.05, 0.1) is 5.60 Å². The summed E-state index contributed by atoms with van der Waals surface area (Å²) in [5, 5.41) is 20.5. The molecular formula is C26H42F2O2. The zero-order chi connectivity index (χ0) is 22.2. The molecule has 0 amide bonds. The Bertz CT molecular complexity index is 706. The van der Waals surface area contributed by atoms with E-state index >= 15 is 0 Å². The molecule has 4 heteroatoms. The maximum Gasteiger partial charge on any atom is 0.275 e. The second-order valence-electron chi connectivity index (χ2n) is 12.6. The standard InChI is InChI=1S/C26H42F2O2/c1-22(2,29)26(27,28)13-10-17-7-9-20-19-8-6-18-16-23(3,30)14-15-25(18,5)21(19)11-12-24(17,20)4/h6,17,19-21,29-30H,7-16H2,1-5H3/t17-,19?,20?,21?,23+,24?,25?/m1/s1. The van der Waals surface area contributed by atoms with Crippen molar-refractivity contribution < 1.29 is 19.0 Å². The van der Waals surface area contributed by atoms with E-state index in [9.17, 15) is 19.0 Å². The molecular weight excluding hydrogens is 382 g/mol. The Morgan fingerprint density at radius 2 is 1.73 bits per heavy atom. The summed E-state index contributed by atoms with van der Waals surface area (Å²) in [5.74, 6) is -0.757. The predicted molar refractivity (Wildman–Crippen MR) is 116 cm³/mol. The maximum atomic E-state index is 14.4. The van der Waals surface area contributed by atoms with Gasteiger partial charge in [0.15, 0.2) is 0 Å². The molecule has 0 heterocycles. The van der Waals surface area contributed by atoms with Gasteiger partial charge in [-0.1, -0.05) is 25.5 Å². The summed E-state index contributed by atoms with van der Waals surface area (Å²) >= 11 is 0. The minimum atomic E-state index is -3.03. The molecule has 4 aliphatic rings. The molecule has 0 aliphatic heterocycles. The van der Waals surface area contributed by atoms with Crippen molar-refractivity contribution in [2.75, 3.05) is 0 Å². The van der Waals surface area contributed by atoms with E-state index in [0.717, 1.165) is 44.9 Å². The number of allylic oxidation sites excluding steroid dienone is 1. The van der Waals surface area contributed by atoms with Crippen molar-refractivity contribution in [1.29, 1.82) is 0 Å². The molecule has 0 aromatic carbocycles. The smallest absolute Gasteiger partial charge is 0.275 e. The van der Waals surface area contributed by atoms with Crippen molar-refractivity contribution in [3.8, 4) is 0 Å². The molecule has 0 bridgehead atoms. The number of fused-ring (bicyclic) bond motifs is 5. The lowest BCUT2D eigenvalue weighted by molar-refractivity contribution is -0.169. The predicted octanol–water partition coefficient (Wildman–Crippen LogP) is 6.50. The van der Waals surface area contributed by atoms with Crippen LogP contribution in [-0.2, 0) is 0 Å². The highest BCUT2D eigenvalue weighted by molar-refractivity contribution is 5.26. The first-order valence-electron chi connectivity index (χ1n) is 12.2. The topological polar surface area (TPSA) is 40.5 Å². The maximum absolute atomic E-state index is 14.4. The van der Waals surface area contributed by atoms with Gasteiger partial charge in [0.2, 0.25) is 0 Å². The van der Waals surface area contributed by atoms with E-state index < -0.39 is 17.1 Å². The van der Waals surface area contributed by atoms with E-state index in [0.29, 0.717) is 30.1 Å². The quantitative estimate of drug-likeness (QED) is 0.506. The first-order chi connectivity index (χ1) is 13.7. The van der Waals surface area contributed by atoms with E-state index in [4.69, 9.17) is 0 Å². The van der Waals surface area contributed by atoms with Crippen molar-refractivity contribution in [2.24, 2.45) is 34.5 Å². The van der Waals surface area contributed by atoms with Crippen LogP contribution in [0.3, 0.4) is 0 Å². The summed E-state index contributed by atoms with van der Waals surface area (Å²) in [4.78, 5) is 0. The summed E-state index contributed by atoms with van der Waals surface area (Å²) in [6.07, 6.45) is 11.1. The van der Waals surface area contributed by atoms with Gasteiger partial charge >= 0.3 is 0 Å². The zero-order valence-corrected chi connectivity index (χ0v) is 19.6. The molecule has 2 nitrogen and oxygen atoms in total. The number of halogens is 2. The van der Waals surface area contributed by atoms with Gasteiger partial charge < -0.3 is 10.2 Å².